The molecule has 0 atom stereocenters. The van der Waals surface area contributed by atoms with Crippen LogP contribution in [0.4, 0.5) is 0 Å². The minimum absolute atomic E-state index is 0.205. The molecule has 0 bridgehead atoms. The highest BCUT2D eigenvalue weighted by Gasteiger charge is 2.29. The molecule has 1 fully saturated rings. The van der Waals surface area contributed by atoms with Crippen LogP contribution in [0.3, 0.4) is 0 Å². The summed E-state index contributed by atoms with van der Waals surface area (Å²) < 4.78 is 1.00. The topological polar surface area (TPSA) is 62.2 Å². The van der Waals surface area contributed by atoms with E-state index in [1.165, 1.54) is 11.3 Å². The van der Waals surface area contributed by atoms with Gasteiger partial charge in [0.1, 0.15) is 0 Å². The zero-order chi connectivity index (χ0) is 14.7. The number of fused-ring (bicyclic) bond motifs is 1. The van der Waals surface area contributed by atoms with E-state index in [2.05, 4.69) is 10.3 Å². The Morgan fingerprint density at radius 2 is 2.00 bits per heavy atom. The number of thioether (sulfide) groups is 2. The van der Waals surface area contributed by atoms with E-state index >= 15 is 0 Å². The van der Waals surface area contributed by atoms with Crippen LogP contribution in [0.2, 0.25) is 0 Å². The first kappa shape index (κ1) is 15.1. The number of amides is 1. The van der Waals surface area contributed by atoms with Gasteiger partial charge in [-0.2, -0.15) is 23.5 Å². The van der Waals surface area contributed by atoms with Crippen molar-refractivity contribution < 1.29 is 9.90 Å². The molecule has 1 aliphatic heterocycles. The van der Waals surface area contributed by atoms with Crippen molar-refractivity contribution in [1.82, 2.24) is 10.3 Å². The van der Waals surface area contributed by atoms with E-state index < -0.39 is 5.60 Å². The Kier molecular flexibility index (Phi) is 4.73. The second-order valence-corrected chi connectivity index (χ2v) is 8.24. The molecular formula is C14H16N2O2S3. The van der Waals surface area contributed by atoms with E-state index in [9.17, 15) is 9.90 Å². The van der Waals surface area contributed by atoms with Gasteiger partial charge in [-0.1, -0.05) is 12.1 Å². The maximum Gasteiger partial charge on any atom is 0.280 e. The van der Waals surface area contributed by atoms with Crippen molar-refractivity contribution in [3.05, 3.63) is 29.3 Å². The average molecular weight is 340 g/mol. The Labute approximate surface area is 135 Å². The number of aliphatic hydroxyl groups is 1. The van der Waals surface area contributed by atoms with Gasteiger partial charge < -0.3 is 10.4 Å². The number of hydrogen-bond acceptors (Lipinski definition) is 6. The third-order valence-electron chi connectivity index (χ3n) is 3.18. The fourth-order valence-corrected chi connectivity index (χ4v) is 5.49. The summed E-state index contributed by atoms with van der Waals surface area (Å²) in [5, 5.41) is 13.8. The van der Waals surface area contributed by atoms with Crippen molar-refractivity contribution in [3.63, 3.8) is 0 Å². The molecule has 1 aromatic carbocycles. The van der Waals surface area contributed by atoms with Gasteiger partial charge in [0.15, 0.2) is 5.01 Å². The molecule has 0 unspecified atom stereocenters. The molecule has 0 aliphatic carbocycles. The first-order chi connectivity index (χ1) is 10.2. The van der Waals surface area contributed by atoms with Crippen LogP contribution in [0.1, 0.15) is 9.80 Å². The summed E-state index contributed by atoms with van der Waals surface area (Å²) in [5.74, 6) is 3.24. The molecule has 2 aromatic rings. The second-order valence-electron chi connectivity index (χ2n) is 5.00. The normalized spacial score (nSPS) is 18.3. The number of rotatable bonds is 3. The van der Waals surface area contributed by atoms with E-state index in [-0.39, 0.29) is 12.5 Å². The summed E-state index contributed by atoms with van der Waals surface area (Å²) in [4.78, 5) is 16.5. The number of carbonyl (C=O) groups excluding carboxylic acids is 1. The van der Waals surface area contributed by atoms with Gasteiger partial charge in [0.05, 0.1) is 15.8 Å². The molecule has 112 valence electrons. The summed E-state index contributed by atoms with van der Waals surface area (Å²) in [6, 6.07) is 7.70. The molecule has 1 aromatic heterocycles. The van der Waals surface area contributed by atoms with E-state index in [1.807, 2.05) is 24.3 Å². The Bertz CT molecular complexity index is 603. The van der Waals surface area contributed by atoms with Gasteiger partial charge in [0, 0.05) is 29.6 Å². The lowest BCUT2D eigenvalue weighted by molar-refractivity contribution is 0.0753. The number of aromatic nitrogens is 1. The van der Waals surface area contributed by atoms with Gasteiger partial charge in [-0.25, -0.2) is 4.98 Å². The number of thiazole rings is 1. The number of nitrogens with one attached hydrogen (secondary N) is 1. The maximum atomic E-state index is 12.2. The quantitative estimate of drug-likeness (QED) is 0.897. The van der Waals surface area contributed by atoms with Crippen molar-refractivity contribution in [2.24, 2.45) is 0 Å². The molecule has 0 radical (unpaired) electrons. The number of hydrogen-bond donors (Lipinski definition) is 2. The molecule has 1 amide bonds. The predicted octanol–water partition coefficient (Wildman–Crippen LogP) is 2.24. The minimum atomic E-state index is -0.821. The van der Waals surface area contributed by atoms with Crippen molar-refractivity contribution in [2.75, 3.05) is 29.6 Å². The molecule has 2 N–H and O–H groups in total. The Morgan fingerprint density at radius 1 is 1.29 bits per heavy atom. The fraction of sp³-hybridized carbons (Fsp3) is 0.429. The summed E-state index contributed by atoms with van der Waals surface area (Å²) >= 11 is 4.86. The largest absolute Gasteiger partial charge is 0.386 e. The van der Waals surface area contributed by atoms with Crippen LogP contribution in [0.25, 0.3) is 10.2 Å². The van der Waals surface area contributed by atoms with E-state index in [0.717, 1.165) is 21.7 Å². The van der Waals surface area contributed by atoms with E-state index in [0.29, 0.717) is 16.5 Å². The van der Waals surface area contributed by atoms with Crippen LogP contribution in [0.15, 0.2) is 24.3 Å². The van der Waals surface area contributed by atoms with Gasteiger partial charge in [0.2, 0.25) is 0 Å². The molecular weight excluding hydrogens is 324 g/mol. The number of benzene rings is 1. The smallest absolute Gasteiger partial charge is 0.280 e. The highest BCUT2D eigenvalue weighted by molar-refractivity contribution is 8.03. The van der Waals surface area contributed by atoms with Crippen molar-refractivity contribution in [2.45, 2.75) is 5.60 Å². The van der Waals surface area contributed by atoms with Gasteiger partial charge in [-0.05, 0) is 12.1 Å². The second kappa shape index (κ2) is 6.56. The van der Waals surface area contributed by atoms with Crippen molar-refractivity contribution in [1.29, 1.82) is 0 Å². The van der Waals surface area contributed by atoms with Crippen LogP contribution in [-0.4, -0.2) is 51.2 Å². The Balaban J connectivity index is 1.65. The molecule has 1 aliphatic rings. The first-order valence-electron chi connectivity index (χ1n) is 6.68. The lowest BCUT2D eigenvalue weighted by Gasteiger charge is -2.25. The monoisotopic (exact) mass is 340 g/mol. The SMILES string of the molecule is O=C(NCC1(O)CSCCSC1)c1nc2ccccc2s1. The lowest BCUT2D eigenvalue weighted by atomic mass is 10.1. The summed E-state index contributed by atoms with van der Waals surface area (Å²) in [6.07, 6.45) is 0. The zero-order valence-electron chi connectivity index (χ0n) is 11.4. The van der Waals surface area contributed by atoms with Crippen molar-refractivity contribution >= 4 is 51.0 Å². The summed E-state index contributed by atoms with van der Waals surface area (Å²) in [5.41, 5.74) is 0.0185. The standard InChI is InChI=1S/C14H16N2O2S3/c17-12(13-16-10-3-1-2-4-11(10)21-13)15-7-14(18)8-19-5-6-20-9-14/h1-4,18H,5-9H2,(H,15,17). The van der Waals surface area contributed by atoms with Crippen LogP contribution in [-0.2, 0) is 0 Å². The third-order valence-corrected chi connectivity index (χ3v) is 6.94. The zero-order valence-corrected chi connectivity index (χ0v) is 13.8. The Morgan fingerprint density at radius 3 is 2.71 bits per heavy atom. The molecule has 0 spiro atoms. The maximum absolute atomic E-state index is 12.2. The van der Waals surface area contributed by atoms with Gasteiger partial charge >= 0.3 is 0 Å². The molecule has 4 nitrogen and oxygen atoms in total. The number of carbonyl (C=O) groups is 1. The molecule has 2 heterocycles. The van der Waals surface area contributed by atoms with Crippen LogP contribution in [0, 0.1) is 0 Å². The van der Waals surface area contributed by atoms with E-state index in [4.69, 9.17) is 0 Å². The van der Waals surface area contributed by atoms with Crippen molar-refractivity contribution in [3.8, 4) is 0 Å². The highest BCUT2D eigenvalue weighted by Crippen LogP contribution is 2.25. The summed E-state index contributed by atoms with van der Waals surface area (Å²) in [6.45, 7) is 0.280. The van der Waals surface area contributed by atoms with Gasteiger partial charge in [-0.3, -0.25) is 4.79 Å². The highest BCUT2D eigenvalue weighted by atomic mass is 32.2. The van der Waals surface area contributed by atoms with E-state index in [1.54, 1.807) is 23.5 Å². The van der Waals surface area contributed by atoms with Gasteiger partial charge in [-0.15, -0.1) is 11.3 Å². The summed E-state index contributed by atoms with van der Waals surface area (Å²) in [7, 11) is 0. The van der Waals surface area contributed by atoms with Crippen LogP contribution in [0.5, 0.6) is 0 Å². The molecule has 0 saturated carbocycles. The van der Waals surface area contributed by atoms with Crippen LogP contribution < -0.4 is 5.32 Å². The van der Waals surface area contributed by atoms with Gasteiger partial charge in [0.25, 0.3) is 5.91 Å². The Hall–Kier alpha value is -0.760. The predicted molar refractivity (Wildman–Crippen MR) is 91.6 cm³/mol. The fourth-order valence-electron chi connectivity index (χ4n) is 2.08. The van der Waals surface area contributed by atoms with Crippen LogP contribution >= 0.6 is 34.9 Å². The minimum Gasteiger partial charge on any atom is -0.386 e. The third kappa shape index (κ3) is 3.71. The first-order valence-corrected chi connectivity index (χ1v) is 9.81. The number of para-hydroxylation sites is 1. The number of nitrogens with zero attached hydrogens (tertiary/aromatic N) is 1. The molecule has 3 rings (SSSR count). The average Bonchev–Trinajstić information content (AvgIpc) is 2.81. The molecule has 1 saturated heterocycles. The molecule has 7 heteroatoms. The molecule has 21 heavy (non-hydrogen) atoms. The lowest BCUT2D eigenvalue weighted by Crippen LogP contribution is -2.46.